The number of hydrogen-bond donors (Lipinski definition) is 0. The van der Waals surface area contributed by atoms with E-state index in [-0.39, 0.29) is 16.7 Å². The van der Waals surface area contributed by atoms with Gasteiger partial charge < -0.3 is 0 Å². The molecule has 1 aromatic heterocycles. The molecule has 5 nitrogen and oxygen atoms in total. The van der Waals surface area contributed by atoms with Crippen LogP contribution in [0.4, 0.5) is 11.4 Å². The Morgan fingerprint density at radius 3 is 2.50 bits per heavy atom. The molecule has 130 valence electrons. The summed E-state index contributed by atoms with van der Waals surface area (Å²) in [5.41, 5.74) is 4.25. The standard InChI is InChI=1S/C20H17N3O2S/c1-14-11-16(13-26-14)20-12-19(15-7-9-18(10-8-15)23(24)25)21-22(20)17-5-3-2-4-6-17/h2-11,13,20H,12H2,1H3/t20-/m1/s1. The zero-order valence-corrected chi connectivity index (χ0v) is 15.0. The lowest BCUT2D eigenvalue weighted by Crippen LogP contribution is -2.17. The average Bonchev–Trinajstić information content (AvgIpc) is 3.29. The molecule has 0 unspecified atom stereocenters. The van der Waals surface area contributed by atoms with Gasteiger partial charge in [0.1, 0.15) is 0 Å². The van der Waals surface area contributed by atoms with E-state index in [4.69, 9.17) is 5.10 Å². The number of thiophene rings is 1. The molecule has 0 bridgehead atoms. The number of para-hydroxylation sites is 1. The highest BCUT2D eigenvalue weighted by molar-refractivity contribution is 7.10. The first-order valence-corrected chi connectivity index (χ1v) is 9.21. The van der Waals surface area contributed by atoms with E-state index in [1.165, 1.54) is 22.6 Å². The van der Waals surface area contributed by atoms with Crippen molar-refractivity contribution in [3.8, 4) is 0 Å². The van der Waals surface area contributed by atoms with Crippen LogP contribution in [0.25, 0.3) is 0 Å². The SMILES string of the molecule is Cc1cc([C@H]2CC(c3ccc([N+](=O)[O-])cc3)=NN2c2ccccc2)cs1. The average molecular weight is 363 g/mol. The summed E-state index contributed by atoms with van der Waals surface area (Å²) in [6.45, 7) is 2.11. The van der Waals surface area contributed by atoms with Crippen molar-refractivity contribution in [2.75, 3.05) is 5.01 Å². The Morgan fingerprint density at radius 2 is 1.88 bits per heavy atom. The second kappa shape index (κ2) is 6.72. The fraction of sp³-hybridized carbons (Fsp3) is 0.150. The van der Waals surface area contributed by atoms with Crippen LogP contribution in [0.15, 0.2) is 71.1 Å². The molecule has 1 aliphatic heterocycles. The van der Waals surface area contributed by atoms with Gasteiger partial charge in [-0.15, -0.1) is 11.3 Å². The van der Waals surface area contributed by atoms with Gasteiger partial charge in [0.25, 0.3) is 5.69 Å². The molecule has 0 saturated heterocycles. The van der Waals surface area contributed by atoms with Crippen LogP contribution in [-0.4, -0.2) is 10.6 Å². The third-order valence-corrected chi connectivity index (χ3v) is 5.36. The number of aryl methyl sites for hydroxylation is 1. The van der Waals surface area contributed by atoms with Crippen molar-refractivity contribution in [1.82, 2.24) is 0 Å². The number of hydrogen-bond acceptors (Lipinski definition) is 5. The number of nitrogens with zero attached hydrogens (tertiary/aromatic N) is 3. The van der Waals surface area contributed by atoms with E-state index in [1.807, 2.05) is 18.2 Å². The largest absolute Gasteiger partial charge is 0.269 e. The smallest absolute Gasteiger partial charge is 0.258 e. The van der Waals surface area contributed by atoms with Crippen molar-refractivity contribution in [2.45, 2.75) is 19.4 Å². The maximum Gasteiger partial charge on any atom is 0.269 e. The summed E-state index contributed by atoms with van der Waals surface area (Å²) in [5.74, 6) is 0. The van der Waals surface area contributed by atoms with Crippen molar-refractivity contribution in [1.29, 1.82) is 0 Å². The third-order valence-electron chi connectivity index (χ3n) is 4.48. The fourth-order valence-corrected chi connectivity index (χ4v) is 3.93. The molecule has 26 heavy (non-hydrogen) atoms. The molecule has 0 fully saturated rings. The Hall–Kier alpha value is -2.99. The molecule has 3 aromatic rings. The molecule has 2 aromatic carbocycles. The van der Waals surface area contributed by atoms with E-state index >= 15 is 0 Å². The number of anilines is 1. The fourth-order valence-electron chi connectivity index (χ4n) is 3.18. The van der Waals surface area contributed by atoms with E-state index in [0.29, 0.717) is 0 Å². The summed E-state index contributed by atoms with van der Waals surface area (Å²) in [4.78, 5) is 11.8. The van der Waals surface area contributed by atoms with Crippen LogP contribution in [-0.2, 0) is 0 Å². The summed E-state index contributed by atoms with van der Waals surface area (Å²) in [5, 5.41) is 20.0. The monoisotopic (exact) mass is 363 g/mol. The van der Waals surface area contributed by atoms with Gasteiger partial charge in [-0.05, 0) is 53.8 Å². The van der Waals surface area contributed by atoms with E-state index in [9.17, 15) is 10.1 Å². The van der Waals surface area contributed by atoms with Gasteiger partial charge in [-0.3, -0.25) is 15.1 Å². The molecule has 0 aliphatic carbocycles. The zero-order valence-electron chi connectivity index (χ0n) is 14.2. The molecular formula is C20H17N3O2S. The highest BCUT2D eigenvalue weighted by Crippen LogP contribution is 2.38. The number of benzene rings is 2. The topological polar surface area (TPSA) is 58.7 Å². The summed E-state index contributed by atoms with van der Waals surface area (Å²) < 4.78 is 0. The maximum absolute atomic E-state index is 10.9. The maximum atomic E-state index is 10.9. The molecule has 1 aliphatic rings. The normalized spacial score (nSPS) is 16.6. The first kappa shape index (κ1) is 16.5. The molecule has 0 saturated carbocycles. The Labute approximate surface area is 155 Å². The lowest BCUT2D eigenvalue weighted by atomic mass is 10.00. The van der Waals surface area contributed by atoms with Gasteiger partial charge in [0.15, 0.2) is 0 Å². The van der Waals surface area contributed by atoms with Crippen LogP contribution in [0.1, 0.15) is 28.5 Å². The second-order valence-corrected chi connectivity index (χ2v) is 7.36. The predicted molar refractivity (Wildman–Crippen MR) is 105 cm³/mol. The summed E-state index contributed by atoms with van der Waals surface area (Å²) in [7, 11) is 0. The van der Waals surface area contributed by atoms with Crippen molar-refractivity contribution in [2.24, 2.45) is 5.10 Å². The molecule has 2 heterocycles. The Kier molecular flexibility index (Phi) is 4.26. The van der Waals surface area contributed by atoms with Crippen LogP contribution in [0, 0.1) is 17.0 Å². The molecule has 0 radical (unpaired) electrons. The van der Waals surface area contributed by atoms with Gasteiger partial charge in [0.05, 0.1) is 22.4 Å². The Bertz CT molecular complexity index is 964. The minimum absolute atomic E-state index is 0.0947. The highest BCUT2D eigenvalue weighted by atomic mass is 32.1. The van der Waals surface area contributed by atoms with Crippen LogP contribution in [0.5, 0.6) is 0 Å². The van der Waals surface area contributed by atoms with Gasteiger partial charge in [-0.1, -0.05) is 18.2 Å². The van der Waals surface area contributed by atoms with E-state index in [1.54, 1.807) is 23.5 Å². The summed E-state index contributed by atoms with van der Waals surface area (Å²) in [6.07, 6.45) is 0.767. The summed E-state index contributed by atoms with van der Waals surface area (Å²) >= 11 is 1.74. The Morgan fingerprint density at radius 1 is 1.15 bits per heavy atom. The number of nitro benzene ring substituents is 1. The molecule has 4 rings (SSSR count). The molecule has 1 atom stereocenters. The minimum Gasteiger partial charge on any atom is -0.258 e. The third kappa shape index (κ3) is 3.11. The summed E-state index contributed by atoms with van der Waals surface area (Å²) in [6, 6.07) is 19.1. The van der Waals surface area contributed by atoms with Gasteiger partial charge in [0, 0.05) is 23.4 Å². The van der Waals surface area contributed by atoms with Crippen LogP contribution in [0.2, 0.25) is 0 Å². The Balaban J connectivity index is 1.71. The van der Waals surface area contributed by atoms with Gasteiger partial charge in [-0.25, -0.2) is 0 Å². The lowest BCUT2D eigenvalue weighted by Gasteiger charge is -2.22. The number of nitro groups is 1. The second-order valence-electron chi connectivity index (χ2n) is 6.24. The van der Waals surface area contributed by atoms with E-state index in [0.717, 1.165) is 23.4 Å². The van der Waals surface area contributed by atoms with Crippen molar-refractivity contribution >= 4 is 28.4 Å². The van der Waals surface area contributed by atoms with E-state index in [2.05, 4.69) is 35.5 Å². The van der Waals surface area contributed by atoms with Crippen LogP contribution in [0.3, 0.4) is 0 Å². The highest BCUT2D eigenvalue weighted by Gasteiger charge is 2.30. The minimum atomic E-state index is -0.381. The molecule has 0 N–H and O–H groups in total. The zero-order chi connectivity index (χ0) is 18.1. The molecular weight excluding hydrogens is 346 g/mol. The number of non-ortho nitro benzene ring substituents is 1. The first-order chi connectivity index (χ1) is 12.6. The predicted octanol–water partition coefficient (Wildman–Crippen LogP) is 5.32. The van der Waals surface area contributed by atoms with Gasteiger partial charge in [-0.2, -0.15) is 5.10 Å². The molecule has 0 spiro atoms. The quantitative estimate of drug-likeness (QED) is 0.465. The number of rotatable bonds is 4. The molecule has 0 amide bonds. The lowest BCUT2D eigenvalue weighted by molar-refractivity contribution is -0.384. The van der Waals surface area contributed by atoms with Gasteiger partial charge in [0.2, 0.25) is 0 Å². The van der Waals surface area contributed by atoms with Crippen molar-refractivity contribution in [3.63, 3.8) is 0 Å². The van der Waals surface area contributed by atoms with E-state index < -0.39 is 0 Å². The first-order valence-electron chi connectivity index (χ1n) is 8.33. The van der Waals surface area contributed by atoms with Gasteiger partial charge >= 0.3 is 0 Å². The van der Waals surface area contributed by atoms with Crippen molar-refractivity contribution in [3.05, 3.63) is 92.2 Å². The van der Waals surface area contributed by atoms with Crippen LogP contribution >= 0.6 is 11.3 Å². The molecule has 6 heteroatoms. The van der Waals surface area contributed by atoms with Crippen LogP contribution < -0.4 is 5.01 Å². The van der Waals surface area contributed by atoms with Crippen molar-refractivity contribution < 1.29 is 4.92 Å². The number of hydrazone groups is 1.